The minimum Gasteiger partial charge on any atom is -0.504 e. The van der Waals surface area contributed by atoms with Crippen molar-refractivity contribution in [2.24, 2.45) is 0 Å². The highest BCUT2D eigenvalue weighted by molar-refractivity contribution is 14.1. The van der Waals surface area contributed by atoms with Crippen molar-refractivity contribution in [3.05, 3.63) is 68.4 Å². The molecule has 0 bridgehead atoms. The average molecular weight is 509 g/mol. The minimum absolute atomic E-state index is 0.0357. The van der Waals surface area contributed by atoms with E-state index in [-0.39, 0.29) is 11.7 Å². The number of methoxy groups -OCH3 is 1. The largest absolute Gasteiger partial charge is 0.504 e. The molecule has 1 unspecified atom stereocenters. The van der Waals surface area contributed by atoms with Gasteiger partial charge in [0.2, 0.25) is 0 Å². The fourth-order valence-corrected chi connectivity index (χ4v) is 4.08. The lowest BCUT2D eigenvalue weighted by Gasteiger charge is -2.31. The van der Waals surface area contributed by atoms with Gasteiger partial charge in [-0.15, -0.1) is 0 Å². The number of allylic oxidation sites excluding steroid dienone is 1. The highest BCUT2D eigenvalue weighted by Gasteiger charge is 2.32. The molecule has 1 amide bonds. The summed E-state index contributed by atoms with van der Waals surface area (Å²) in [5.41, 5.74) is 2.94. The molecule has 1 aliphatic heterocycles. The molecule has 146 valence electrons. The smallest absolute Gasteiger partial charge is 0.251 e. The first kappa shape index (κ1) is 20.4. The van der Waals surface area contributed by atoms with Gasteiger partial charge in [0.15, 0.2) is 16.6 Å². The molecule has 6 nitrogen and oxygen atoms in total. The molecular weight excluding hydrogens is 489 g/mol. The first-order valence-corrected chi connectivity index (χ1v) is 10.1. The lowest BCUT2D eigenvalue weighted by Crippen LogP contribution is -2.47. The molecule has 1 atom stereocenters. The summed E-state index contributed by atoms with van der Waals surface area (Å²) in [6.45, 7) is 2.23. The van der Waals surface area contributed by atoms with Crippen LogP contribution in [0.2, 0.25) is 0 Å². The Hall–Kier alpha value is -2.33. The highest BCUT2D eigenvalue weighted by atomic mass is 127. The number of amides is 1. The third kappa shape index (κ3) is 4.22. The number of aromatic hydroxyl groups is 1. The minimum atomic E-state index is -0.492. The topological polar surface area (TPSA) is 82.6 Å². The number of hydrogen-bond acceptors (Lipinski definition) is 4. The Bertz CT molecular complexity index is 947. The van der Waals surface area contributed by atoms with Gasteiger partial charge in [0.25, 0.3) is 5.91 Å². The Kier molecular flexibility index (Phi) is 6.40. The van der Waals surface area contributed by atoms with Gasteiger partial charge in [0.05, 0.1) is 22.3 Å². The molecule has 0 aliphatic carbocycles. The predicted octanol–water partition coefficient (Wildman–Crippen LogP) is 3.11. The van der Waals surface area contributed by atoms with Crippen LogP contribution in [-0.2, 0) is 11.3 Å². The van der Waals surface area contributed by atoms with Crippen LogP contribution in [0.25, 0.3) is 0 Å². The molecule has 0 fully saturated rings. The lowest BCUT2D eigenvalue weighted by molar-refractivity contribution is -0.118. The van der Waals surface area contributed by atoms with Gasteiger partial charge in [-0.05, 0) is 58.9 Å². The zero-order chi connectivity index (χ0) is 20.3. The first-order chi connectivity index (χ1) is 13.4. The summed E-state index contributed by atoms with van der Waals surface area (Å²) in [7, 11) is 1.50. The van der Waals surface area contributed by atoms with Crippen molar-refractivity contribution in [2.45, 2.75) is 19.5 Å². The van der Waals surface area contributed by atoms with Crippen LogP contribution in [0.15, 0.2) is 53.7 Å². The molecule has 0 aromatic heterocycles. The van der Waals surface area contributed by atoms with Crippen molar-refractivity contribution in [1.82, 2.24) is 16.0 Å². The molecule has 3 rings (SSSR count). The number of halogens is 1. The van der Waals surface area contributed by atoms with Gasteiger partial charge in [-0.25, -0.2) is 0 Å². The number of rotatable bonds is 5. The Balaban J connectivity index is 1.93. The molecule has 1 aliphatic rings. The molecule has 4 N–H and O–H groups in total. The van der Waals surface area contributed by atoms with Gasteiger partial charge in [-0.2, -0.15) is 0 Å². The fraction of sp³-hybridized carbons (Fsp3) is 0.200. The molecule has 0 radical (unpaired) electrons. The fourth-order valence-electron chi connectivity index (χ4n) is 3.05. The van der Waals surface area contributed by atoms with Crippen LogP contribution in [0.3, 0.4) is 0 Å². The van der Waals surface area contributed by atoms with E-state index in [2.05, 4.69) is 16.0 Å². The number of hydrogen-bond donors (Lipinski definition) is 4. The van der Waals surface area contributed by atoms with E-state index >= 15 is 0 Å². The van der Waals surface area contributed by atoms with E-state index < -0.39 is 6.04 Å². The molecule has 0 saturated carbocycles. The summed E-state index contributed by atoms with van der Waals surface area (Å²) in [5, 5.41) is 19.9. The number of carbonyl (C=O) groups is 1. The summed E-state index contributed by atoms with van der Waals surface area (Å²) in [6.07, 6.45) is 0. The van der Waals surface area contributed by atoms with E-state index in [9.17, 15) is 9.90 Å². The van der Waals surface area contributed by atoms with Crippen molar-refractivity contribution in [1.29, 1.82) is 0 Å². The third-order valence-corrected chi connectivity index (χ3v) is 5.80. The second-order valence-electron chi connectivity index (χ2n) is 6.26. The number of nitrogens with one attached hydrogen (secondary N) is 3. The normalized spacial score (nSPS) is 16.2. The standard InChI is InChI=1S/C20H20IN3O3S/c1-11-15(19(26)22-10-12-6-4-3-5-7-12)17(24-20(28)23-11)13-8-9-14(27-2)18(25)16(13)21/h3-9,17,25H,10H2,1-2H3,(H,22,26)(H2,23,24,28). The van der Waals surface area contributed by atoms with Crippen LogP contribution in [-0.4, -0.2) is 23.2 Å². The monoisotopic (exact) mass is 509 g/mol. The van der Waals surface area contributed by atoms with Crippen molar-refractivity contribution in [3.63, 3.8) is 0 Å². The summed E-state index contributed by atoms with van der Waals surface area (Å²) in [6, 6.07) is 12.7. The van der Waals surface area contributed by atoms with E-state index in [0.717, 1.165) is 11.1 Å². The van der Waals surface area contributed by atoms with Crippen molar-refractivity contribution >= 4 is 45.8 Å². The maximum atomic E-state index is 13.0. The number of phenols is 1. The van der Waals surface area contributed by atoms with Crippen molar-refractivity contribution < 1.29 is 14.6 Å². The maximum Gasteiger partial charge on any atom is 0.251 e. The second-order valence-corrected chi connectivity index (χ2v) is 7.75. The maximum absolute atomic E-state index is 13.0. The van der Waals surface area contributed by atoms with Gasteiger partial charge in [-0.3, -0.25) is 4.79 Å². The number of phenolic OH excluding ortho intramolecular Hbond substituents is 1. The van der Waals surface area contributed by atoms with Crippen molar-refractivity contribution in [3.8, 4) is 11.5 Å². The summed E-state index contributed by atoms with van der Waals surface area (Å²) >= 11 is 7.33. The molecule has 0 saturated heterocycles. The van der Waals surface area contributed by atoms with E-state index in [1.54, 1.807) is 6.07 Å². The van der Waals surface area contributed by atoms with E-state index in [4.69, 9.17) is 17.0 Å². The molecule has 28 heavy (non-hydrogen) atoms. The number of ether oxygens (including phenoxy) is 1. The zero-order valence-electron chi connectivity index (χ0n) is 15.4. The van der Waals surface area contributed by atoms with Gasteiger partial charge in [-0.1, -0.05) is 36.4 Å². The number of benzene rings is 2. The zero-order valence-corrected chi connectivity index (χ0v) is 18.3. The number of thiocarbonyl (C=S) groups is 1. The predicted molar refractivity (Wildman–Crippen MR) is 120 cm³/mol. The Morgan fingerprint density at radius 1 is 1.29 bits per heavy atom. The molecule has 2 aromatic carbocycles. The van der Waals surface area contributed by atoms with Crippen LogP contribution in [0, 0.1) is 3.57 Å². The Morgan fingerprint density at radius 3 is 2.68 bits per heavy atom. The average Bonchev–Trinajstić information content (AvgIpc) is 2.68. The van der Waals surface area contributed by atoms with E-state index in [1.165, 1.54) is 7.11 Å². The van der Waals surface area contributed by atoms with Gasteiger partial charge in [0.1, 0.15) is 0 Å². The van der Waals surface area contributed by atoms with Crippen molar-refractivity contribution in [2.75, 3.05) is 7.11 Å². The quantitative estimate of drug-likeness (QED) is 0.367. The molecule has 0 spiro atoms. The molecular formula is C20H20IN3O3S. The summed E-state index contributed by atoms with van der Waals surface area (Å²) in [5.74, 6) is 0.203. The molecule has 1 heterocycles. The SMILES string of the molecule is COc1ccc(C2NC(=S)NC(C)=C2C(=O)NCc2ccccc2)c(I)c1O. The van der Waals surface area contributed by atoms with Gasteiger partial charge in [0, 0.05) is 12.2 Å². The second kappa shape index (κ2) is 8.78. The van der Waals surface area contributed by atoms with Gasteiger partial charge < -0.3 is 25.8 Å². The Labute approximate surface area is 182 Å². The van der Waals surface area contributed by atoms with Crippen LogP contribution < -0.4 is 20.7 Å². The van der Waals surface area contributed by atoms with E-state index in [0.29, 0.717) is 32.2 Å². The van der Waals surface area contributed by atoms with Gasteiger partial charge >= 0.3 is 0 Å². The van der Waals surface area contributed by atoms with Crippen LogP contribution in [0.1, 0.15) is 24.1 Å². The molecule has 8 heteroatoms. The van der Waals surface area contributed by atoms with Crippen LogP contribution in [0.5, 0.6) is 11.5 Å². The molecule has 2 aromatic rings. The highest BCUT2D eigenvalue weighted by Crippen LogP contribution is 2.38. The number of carbonyl (C=O) groups excluding carboxylic acids is 1. The third-order valence-electron chi connectivity index (χ3n) is 4.45. The van der Waals surface area contributed by atoms with Crippen LogP contribution in [0.4, 0.5) is 0 Å². The first-order valence-electron chi connectivity index (χ1n) is 8.58. The summed E-state index contributed by atoms with van der Waals surface area (Å²) in [4.78, 5) is 13.0. The lowest BCUT2D eigenvalue weighted by atomic mass is 9.94. The van der Waals surface area contributed by atoms with Crippen LogP contribution >= 0.6 is 34.8 Å². The Morgan fingerprint density at radius 2 is 2.00 bits per heavy atom. The summed E-state index contributed by atoms with van der Waals surface area (Å²) < 4.78 is 5.77. The van der Waals surface area contributed by atoms with E-state index in [1.807, 2.05) is 65.9 Å².